The van der Waals surface area contributed by atoms with E-state index in [0.29, 0.717) is 38.3 Å². The van der Waals surface area contributed by atoms with Crippen molar-refractivity contribution in [3.05, 3.63) is 82.0 Å². The summed E-state index contributed by atoms with van der Waals surface area (Å²) in [5.41, 5.74) is 1.67. The van der Waals surface area contributed by atoms with Crippen molar-refractivity contribution in [2.75, 3.05) is 19.7 Å². The Balaban J connectivity index is 1.39. The van der Waals surface area contributed by atoms with E-state index in [9.17, 15) is 9.59 Å². The number of aromatic nitrogens is 3. The monoisotopic (exact) mass is 462 g/mol. The molecule has 0 unspecified atom stereocenters. The van der Waals surface area contributed by atoms with Crippen molar-refractivity contribution in [2.45, 2.75) is 58.5 Å². The van der Waals surface area contributed by atoms with E-state index in [-0.39, 0.29) is 17.5 Å². The van der Waals surface area contributed by atoms with Crippen LogP contribution in [0.1, 0.15) is 67.2 Å². The van der Waals surface area contributed by atoms with Gasteiger partial charge in [0, 0.05) is 31.1 Å². The van der Waals surface area contributed by atoms with Crippen LogP contribution in [0.25, 0.3) is 0 Å². The molecule has 1 fully saturated rings. The Labute approximate surface area is 201 Å². The van der Waals surface area contributed by atoms with Gasteiger partial charge in [-0.2, -0.15) is 5.10 Å². The topological polar surface area (TPSA) is 69.4 Å². The number of benzene rings is 2. The molecule has 2 aromatic carbocycles. The van der Waals surface area contributed by atoms with Crippen LogP contribution in [0.5, 0.6) is 5.75 Å². The van der Waals surface area contributed by atoms with E-state index in [4.69, 9.17) is 9.84 Å². The molecule has 1 aromatic heterocycles. The lowest BCUT2D eigenvalue weighted by atomic mass is 9.95. The van der Waals surface area contributed by atoms with Gasteiger partial charge in [-0.3, -0.25) is 9.36 Å². The Kier molecular flexibility index (Phi) is 7.83. The van der Waals surface area contributed by atoms with Crippen LogP contribution in [0.2, 0.25) is 0 Å². The van der Waals surface area contributed by atoms with Crippen LogP contribution >= 0.6 is 0 Å². The summed E-state index contributed by atoms with van der Waals surface area (Å²) in [5.74, 6) is 1.85. The Morgan fingerprint density at radius 2 is 1.74 bits per heavy atom. The third-order valence-corrected chi connectivity index (χ3v) is 6.46. The summed E-state index contributed by atoms with van der Waals surface area (Å²) < 4.78 is 9.04. The molecule has 1 saturated heterocycles. The van der Waals surface area contributed by atoms with Gasteiger partial charge in [0.2, 0.25) is 0 Å². The molecule has 1 aliphatic rings. The second kappa shape index (κ2) is 11.2. The fraction of sp³-hybridized carbons (Fsp3) is 0.444. The highest BCUT2D eigenvalue weighted by Crippen LogP contribution is 2.27. The lowest BCUT2D eigenvalue weighted by molar-refractivity contribution is 0.0710. The molecule has 3 aromatic rings. The predicted octanol–water partition coefficient (Wildman–Crippen LogP) is 4.31. The van der Waals surface area contributed by atoms with Crippen molar-refractivity contribution in [1.82, 2.24) is 19.2 Å². The van der Waals surface area contributed by atoms with Crippen LogP contribution in [0.4, 0.5) is 0 Å². The van der Waals surface area contributed by atoms with Gasteiger partial charge in [0.05, 0.1) is 13.2 Å². The zero-order valence-electron chi connectivity index (χ0n) is 20.2. The van der Waals surface area contributed by atoms with Gasteiger partial charge in [-0.15, -0.1) is 0 Å². The fourth-order valence-electron chi connectivity index (χ4n) is 4.47. The van der Waals surface area contributed by atoms with Gasteiger partial charge in [-0.1, -0.05) is 43.7 Å². The van der Waals surface area contributed by atoms with Crippen LogP contribution in [-0.4, -0.2) is 44.9 Å². The van der Waals surface area contributed by atoms with Crippen molar-refractivity contribution in [2.24, 2.45) is 0 Å². The maximum absolute atomic E-state index is 13.0. The Morgan fingerprint density at radius 1 is 1.03 bits per heavy atom. The first kappa shape index (κ1) is 23.8. The summed E-state index contributed by atoms with van der Waals surface area (Å²) in [6, 6.07) is 17.3. The molecule has 4 rings (SSSR count). The first-order valence-corrected chi connectivity index (χ1v) is 12.3. The normalized spacial score (nSPS) is 14.4. The minimum Gasteiger partial charge on any atom is -0.494 e. The van der Waals surface area contributed by atoms with Crippen LogP contribution < -0.4 is 10.4 Å². The number of rotatable bonds is 9. The van der Waals surface area contributed by atoms with Crippen molar-refractivity contribution < 1.29 is 9.53 Å². The average Bonchev–Trinajstić information content (AvgIpc) is 3.19. The van der Waals surface area contributed by atoms with E-state index in [2.05, 4.69) is 6.92 Å². The first-order chi connectivity index (χ1) is 16.6. The minimum atomic E-state index is -0.0684. The smallest absolute Gasteiger partial charge is 0.346 e. The molecule has 34 heavy (non-hydrogen) atoms. The number of hydrogen-bond donors (Lipinski definition) is 0. The van der Waals surface area contributed by atoms with Gasteiger partial charge in [0.25, 0.3) is 5.91 Å². The molecule has 0 bridgehead atoms. The molecule has 0 atom stereocenters. The van der Waals surface area contributed by atoms with E-state index in [1.54, 1.807) is 9.25 Å². The van der Waals surface area contributed by atoms with Crippen LogP contribution in [0.3, 0.4) is 0 Å². The van der Waals surface area contributed by atoms with E-state index < -0.39 is 0 Å². The lowest BCUT2D eigenvalue weighted by Gasteiger charge is -2.31. The van der Waals surface area contributed by atoms with Gasteiger partial charge in [-0.25, -0.2) is 9.48 Å². The average molecular weight is 463 g/mol. The van der Waals surface area contributed by atoms with Crippen LogP contribution in [-0.2, 0) is 13.1 Å². The zero-order valence-corrected chi connectivity index (χ0v) is 20.2. The Hall–Kier alpha value is -3.35. The number of carbonyl (C=O) groups is 1. The Morgan fingerprint density at radius 3 is 2.38 bits per heavy atom. The van der Waals surface area contributed by atoms with Crippen LogP contribution in [0.15, 0.2) is 59.4 Å². The number of hydrogen-bond acceptors (Lipinski definition) is 4. The third-order valence-electron chi connectivity index (χ3n) is 6.46. The van der Waals surface area contributed by atoms with Crippen molar-refractivity contribution >= 4 is 5.91 Å². The number of piperidine rings is 1. The largest absolute Gasteiger partial charge is 0.494 e. The summed E-state index contributed by atoms with van der Waals surface area (Å²) in [7, 11) is 0. The summed E-state index contributed by atoms with van der Waals surface area (Å²) in [5, 5.41) is 4.72. The SMILES string of the molecule is CCCCOc1ccc(C(=O)N2CCC(c3nn(Cc4ccccc4)c(=O)n3CC)CC2)cc1. The van der Waals surface area contributed by atoms with Crippen molar-refractivity contribution in [1.29, 1.82) is 0 Å². The highest BCUT2D eigenvalue weighted by Gasteiger charge is 2.28. The number of nitrogens with zero attached hydrogens (tertiary/aromatic N) is 4. The fourth-order valence-corrected chi connectivity index (χ4v) is 4.47. The lowest BCUT2D eigenvalue weighted by Crippen LogP contribution is -2.38. The van der Waals surface area contributed by atoms with Crippen molar-refractivity contribution in [3.8, 4) is 5.75 Å². The number of likely N-dealkylation sites (tertiary alicyclic amines) is 1. The molecule has 1 aliphatic heterocycles. The quantitative estimate of drug-likeness (QED) is 0.444. The molecule has 7 heteroatoms. The maximum Gasteiger partial charge on any atom is 0.346 e. The van der Waals surface area contributed by atoms with Gasteiger partial charge in [-0.05, 0) is 56.0 Å². The third kappa shape index (κ3) is 5.41. The molecule has 1 amide bonds. The first-order valence-electron chi connectivity index (χ1n) is 12.3. The molecule has 180 valence electrons. The number of amides is 1. The van der Waals surface area contributed by atoms with E-state index in [0.717, 1.165) is 42.8 Å². The van der Waals surface area contributed by atoms with Gasteiger partial charge in [0.15, 0.2) is 0 Å². The molecule has 0 N–H and O–H groups in total. The molecule has 0 spiro atoms. The van der Waals surface area contributed by atoms with Gasteiger partial charge in [0.1, 0.15) is 11.6 Å². The van der Waals surface area contributed by atoms with Crippen molar-refractivity contribution in [3.63, 3.8) is 0 Å². The number of unbranched alkanes of at least 4 members (excludes halogenated alkanes) is 1. The molecular weight excluding hydrogens is 428 g/mol. The Bertz CT molecular complexity index is 1130. The highest BCUT2D eigenvalue weighted by molar-refractivity contribution is 5.94. The molecule has 2 heterocycles. The van der Waals surface area contributed by atoms with Gasteiger partial charge < -0.3 is 9.64 Å². The molecule has 0 saturated carbocycles. The second-order valence-corrected chi connectivity index (χ2v) is 8.82. The van der Waals surface area contributed by atoms with Gasteiger partial charge >= 0.3 is 5.69 Å². The molecule has 7 nitrogen and oxygen atoms in total. The summed E-state index contributed by atoms with van der Waals surface area (Å²) in [6.07, 6.45) is 3.71. The number of carbonyl (C=O) groups excluding carboxylic acids is 1. The van der Waals surface area contributed by atoms with E-state index in [1.807, 2.05) is 66.4 Å². The second-order valence-electron chi connectivity index (χ2n) is 8.82. The zero-order chi connectivity index (χ0) is 23.9. The summed E-state index contributed by atoms with van der Waals surface area (Å²) >= 11 is 0. The maximum atomic E-state index is 13.0. The highest BCUT2D eigenvalue weighted by atomic mass is 16.5. The van der Waals surface area contributed by atoms with Crippen LogP contribution in [0, 0.1) is 0 Å². The predicted molar refractivity (Wildman–Crippen MR) is 132 cm³/mol. The molecular formula is C27H34N4O3. The standard InChI is InChI=1S/C27H34N4O3/c1-3-5-19-34-24-13-11-23(12-14-24)26(32)29-17-15-22(16-18-29)25-28-31(27(33)30(25)4-2)20-21-9-7-6-8-10-21/h6-14,22H,3-5,15-20H2,1-2H3. The molecule has 0 aliphatic carbocycles. The number of ether oxygens (including phenoxy) is 1. The summed E-state index contributed by atoms with van der Waals surface area (Å²) in [4.78, 5) is 27.8. The van der Waals surface area contributed by atoms with E-state index >= 15 is 0 Å². The molecule has 0 radical (unpaired) electrons. The minimum absolute atomic E-state index is 0.0426. The van der Waals surface area contributed by atoms with E-state index in [1.165, 1.54) is 0 Å². The summed E-state index contributed by atoms with van der Waals surface area (Å²) in [6.45, 7) is 7.17.